The van der Waals surface area contributed by atoms with Crippen LogP contribution in [0.15, 0.2) is 0 Å². The number of hydrogen-bond donors (Lipinski definition) is 1. The molecule has 0 fully saturated rings. The van der Waals surface area contributed by atoms with E-state index in [1.54, 1.807) is 7.05 Å². The molecule has 0 saturated carbocycles. The van der Waals surface area contributed by atoms with Gasteiger partial charge in [0, 0.05) is 20.0 Å². The lowest BCUT2D eigenvalue weighted by Crippen LogP contribution is -2.30. The van der Waals surface area contributed by atoms with Crippen molar-refractivity contribution in [3.05, 3.63) is 0 Å². The van der Waals surface area contributed by atoms with Crippen LogP contribution < -0.4 is 5.32 Å². The zero-order valence-corrected chi connectivity index (χ0v) is 8.34. The lowest BCUT2D eigenvalue weighted by atomic mass is 10.3. The monoisotopic (exact) mass is 183 g/mol. The molecule has 4 nitrogen and oxygen atoms in total. The largest absolute Gasteiger partial charge is 0.359 e. The van der Waals surface area contributed by atoms with Crippen LogP contribution in [0.5, 0.6) is 0 Å². The summed E-state index contributed by atoms with van der Waals surface area (Å²) in [6, 6.07) is 2.09. The van der Waals surface area contributed by atoms with E-state index in [9.17, 15) is 4.79 Å². The molecule has 74 valence electrons. The Morgan fingerprint density at radius 3 is 2.69 bits per heavy atom. The highest BCUT2D eigenvalue weighted by molar-refractivity contribution is 5.75. The Kier molecular flexibility index (Phi) is 6.93. The zero-order chi connectivity index (χ0) is 10.1. The van der Waals surface area contributed by atoms with Gasteiger partial charge in [-0.25, -0.2) is 0 Å². The van der Waals surface area contributed by atoms with Crippen molar-refractivity contribution in [3.8, 4) is 6.07 Å². The summed E-state index contributed by atoms with van der Waals surface area (Å²) in [5, 5.41) is 11.0. The lowest BCUT2D eigenvalue weighted by molar-refractivity contribution is -0.120. The molecular formula is C9H17N3O. The standard InChI is InChI=1S/C9H17N3O/c1-3-6-12(8-5-10)7-4-9(13)11-2/h3-4,6-8H2,1-2H3,(H,11,13). The molecule has 0 bridgehead atoms. The minimum absolute atomic E-state index is 0.0269. The van der Waals surface area contributed by atoms with Crippen molar-refractivity contribution in [2.45, 2.75) is 19.8 Å². The highest BCUT2D eigenvalue weighted by Gasteiger charge is 2.05. The number of rotatable bonds is 6. The van der Waals surface area contributed by atoms with Gasteiger partial charge in [-0.15, -0.1) is 0 Å². The van der Waals surface area contributed by atoms with Crippen molar-refractivity contribution >= 4 is 5.91 Å². The summed E-state index contributed by atoms with van der Waals surface area (Å²) in [6.07, 6.45) is 1.48. The molecule has 1 amide bonds. The van der Waals surface area contributed by atoms with E-state index in [1.807, 2.05) is 4.90 Å². The van der Waals surface area contributed by atoms with Gasteiger partial charge in [0.25, 0.3) is 0 Å². The molecule has 0 aliphatic rings. The molecule has 0 saturated heterocycles. The van der Waals surface area contributed by atoms with Crippen LogP contribution in [0.2, 0.25) is 0 Å². The molecule has 0 spiro atoms. The second kappa shape index (κ2) is 7.56. The second-order valence-corrected chi connectivity index (χ2v) is 2.86. The van der Waals surface area contributed by atoms with E-state index in [1.165, 1.54) is 0 Å². The summed E-state index contributed by atoms with van der Waals surface area (Å²) in [4.78, 5) is 12.9. The number of carbonyl (C=O) groups is 1. The Balaban J connectivity index is 3.69. The van der Waals surface area contributed by atoms with Gasteiger partial charge >= 0.3 is 0 Å². The number of carbonyl (C=O) groups excluding carboxylic acids is 1. The summed E-state index contributed by atoms with van der Waals surface area (Å²) < 4.78 is 0. The van der Waals surface area contributed by atoms with Gasteiger partial charge in [-0.3, -0.25) is 9.69 Å². The first-order valence-corrected chi connectivity index (χ1v) is 4.54. The molecule has 0 rings (SSSR count). The zero-order valence-electron chi connectivity index (χ0n) is 8.34. The third kappa shape index (κ3) is 6.12. The van der Waals surface area contributed by atoms with E-state index in [0.29, 0.717) is 19.5 Å². The van der Waals surface area contributed by atoms with Gasteiger partial charge in [0.2, 0.25) is 5.91 Å². The molecule has 0 aromatic heterocycles. The average molecular weight is 183 g/mol. The van der Waals surface area contributed by atoms with Crippen LogP contribution in [-0.2, 0) is 4.79 Å². The van der Waals surface area contributed by atoms with E-state index in [0.717, 1.165) is 13.0 Å². The van der Waals surface area contributed by atoms with Gasteiger partial charge in [-0.2, -0.15) is 5.26 Å². The van der Waals surface area contributed by atoms with E-state index in [-0.39, 0.29) is 5.91 Å². The average Bonchev–Trinajstić information content (AvgIpc) is 2.14. The predicted octanol–water partition coefficient (Wildman–Crippen LogP) is 0.358. The van der Waals surface area contributed by atoms with Gasteiger partial charge in [-0.1, -0.05) is 6.92 Å². The molecule has 0 unspecified atom stereocenters. The number of hydrogen-bond acceptors (Lipinski definition) is 3. The Bertz CT molecular complexity index is 186. The van der Waals surface area contributed by atoms with Crippen molar-refractivity contribution in [1.29, 1.82) is 5.26 Å². The first-order chi connectivity index (χ1) is 6.24. The van der Waals surface area contributed by atoms with Crippen molar-refractivity contribution in [2.75, 3.05) is 26.7 Å². The maximum atomic E-state index is 10.9. The molecule has 0 aromatic carbocycles. The molecule has 0 aromatic rings. The van der Waals surface area contributed by atoms with Crippen LogP contribution >= 0.6 is 0 Å². The third-order valence-electron chi connectivity index (χ3n) is 1.77. The first-order valence-electron chi connectivity index (χ1n) is 4.54. The summed E-state index contributed by atoms with van der Waals surface area (Å²) in [7, 11) is 1.62. The van der Waals surface area contributed by atoms with Crippen LogP contribution in [-0.4, -0.2) is 37.5 Å². The number of nitriles is 1. The molecule has 1 N–H and O–H groups in total. The van der Waals surface area contributed by atoms with Gasteiger partial charge < -0.3 is 5.32 Å². The molecule has 0 radical (unpaired) electrons. The quantitative estimate of drug-likeness (QED) is 0.605. The van der Waals surface area contributed by atoms with Crippen LogP contribution in [0.3, 0.4) is 0 Å². The maximum Gasteiger partial charge on any atom is 0.221 e. The topological polar surface area (TPSA) is 56.1 Å². The van der Waals surface area contributed by atoms with Crippen molar-refractivity contribution in [3.63, 3.8) is 0 Å². The van der Waals surface area contributed by atoms with Gasteiger partial charge in [0.1, 0.15) is 0 Å². The molecular weight excluding hydrogens is 166 g/mol. The van der Waals surface area contributed by atoms with Crippen molar-refractivity contribution in [1.82, 2.24) is 10.2 Å². The Hall–Kier alpha value is -1.08. The number of nitrogens with zero attached hydrogens (tertiary/aromatic N) is 2. The highest BCUT2D eigenvalue weighted by Crippen LogP contribution is 1.93. The molecule has 4 heteroatoms. The van der Waals surface area contributed by atoms with E-state index < -0.39 is 0 Å². The van der Waals surface area contributed by atoms with Crippen LogP contribution in [0.1, 0.15) is 19.8 Å². The SMILES string of the molecule is CCCN(CC#N)CCC(=O)NC. The van der Waals surface area contributed by atoms with Crippen LogP contribution in [0, 0.1) is 11.3 Å². The predicted molar refractivity (Wildman–Crippen MR) is 51.0 cm³/mol. The van der Waals surface area contributed by atoms with E-state index in [4.69, 9.17) is 5.26 Å². The highest BCUT2D eigenvalue weighted by atomic mass is 16.1. The summed E-state index contributed by atoms with van der Waals surface area (Å²) in [5.41, 5.74) is 0. The Morgan fingerprint density at radius 1 is 1.54 bits per heavy atom. The van der Waals surface area contributed by atoms with Gasteiger partial charge in [0.15, 0.2) is 0 Å². The van der Waals surface area contributed by atoms with E-state index in [2.05, 4.69) is 18.3 Å². The van der Waals surface area contributed by atoms with Crippen LogP contribution in [0.25, 0.3) is 0 Å². The minimum atomic E-state index is 0.0269. The maximum absolute atomic E-state index is 10.9. The summed E-state index contributed by atoms with van der Waals surface area (Å²) >= 11 is 0. The molecule has 0 aliphatic heterocycles. The lowest BCUT2D eigenvalue weighted by Gasteiger charge is -2.16. The van der Waals surface area contributed by atoms with Crippen molar-refractivity contribution in [2.24, 2.45) is 0 Å². The second-order valence-electron chi connectivity index (χ2n) is 2.86. The summed E-state index contributed by atoms with van der Waals surface area (Å²) in [5.74, 6) is 0.0269. The smallest absolute Gasteiger partial charge is 0.221 e. The normalized spacial score (nSPS) is 9.69. The van der Waals surface area contributed by atoms with Crippen molar-refractivity contribution < 1.29 is 4.79 Å². The molecule has 0 atom stereocenters. The number of amides is 1. The Morgan fingerprint density at radius 2 is 2.23 bits per heavy atom. The van der Waals surface area contributed by atoms with Crippen LogP contribution in [0.4, 0.5) is 0 Å². The molecule has 13 heavy (non-hydrogen) atoms. The fourth-order valence-electron chi connectivity index (χ4n) is 1.07. The fraction of sp³-hybridized carbons (Fsp3) is 0.778. The third-order valence-corrected chi connectivity index (χ3v) is 1.77. The summed E-state index contributed by atoms with van der Waals surface area (Å²) in [6.45, 7) is 4.01. The minimum Gasteiger partial charge on any atom is -0.359 e. The van der Waals surface area contributed by atoms with Gasteiger partial charge in [-0.05, 0) is 13.0 Å². The Labute approximate surface area is 79.5 Å². The number of nitrogens with one attached hydrogen (secondary N) is 1. The first kappa shape index (κ1) is 11.9. The molecule has 0 aliphatic carbocycles. The van der Waals surface area contributed by atoms with Gasteiger partial charge in [0.05, 0.1) is 12.6 Å². The fourth-order valence-corrected chi connectivity index (χ4v) is 1.07. The van der Waals surface area contributed by atoms with E-state index >= 15 is 0 Å². The molecule has 0 heterocycles.